The van der Waals surface area contributed by atoms with Crippen molar-refractivity contribution in [2.75, 3.05) is 5.32 Å². The van der Waals surface area contributed by atoms with Crippen molar-refractivity contribution in [3.05, 3.63) is 10.6 Å². The van der Waals surface area contributed by atoms with E-state index in [2.05, 4.69) is 15.6 Å². The minimum Gasteiger partial charge on any atom is -0.476 e. The number of aromatic carboxylic acids is 1. The van der Waals surface area contributed by atoms with Gasteiger partial charge in [-0.25, -0.2) is 9.78 Å². The smallest absolute Gasteiger partial charge is 0.355 e. The summed E-state index contributed by atoms with van der Waals surface area (Å²) in [5.74, 6) is -1.20. The molecule has 6 nitrogen and oxygen atoms in total. The Labute approximate surface area is 109 Å². The van der Waals surface area contributed by atoms with Crippen molar-refractivity contribution in [1.29, 1.82) is 0 Å². The molecule has 0 saturated heterocycles. The maximum Gasteiger partial charge on any atom is 0.355 e. The van der Waals surface area contributed by atoms with Gasteiger partial charge in [0.1, 0.15) is 6.04 Å². The van der Waals surface area contributed by atoms with Gasteiger partial charge in [0.15, 0.2) is 10.8 Å². The summed E-state index contributed by atoms with van der Waals surface area (Å²) in [5, 5.41) is 15.0. The first-order valence-corrected chi connectivity index (χ1v) is 6.40. The van der Waals surface area contributed by atoms with E-state index in [0.717, 1.165) is 0 Å². The van der Waals surface area contributed by atoms with Crippen LogP contribution in [0.3, 0.4) is 0 Å². The van der Waals surface area contributed by atoms with E-state index in [9.17, 15) is 9.59 Å². The van der Waals surface area contributed by atoms with Crippen LogP contribution in [-0.2, 0) is 4.79 Å². The minimum atomic E-state index is -1.06. The fourth-order valence-corrected chi connectivity index (χ4v) is 2.21. The molecule has 1 amide bonds. The number of carbonyl (C=O) groups excluding carboxylic acids is 1. The summed E-state index contributed by atoms with van der Waals surface area (Å²) < 4.78 is 0. The van der Waals surface area contributed by atoms with Gasteiger partial charge in [0, 0.05) is 10.9 Å². The van der Waals surface area contributed by atoms with Crippen LogP contribution in [0.15, 0.2) is 0 Å². The Morgan fingerprint density at radius 1 is 1.33 bits per heavy atom. The van der Waals surface area contributed by atoms with Crippen LogP contribution in [0.4, 0.5) is 5.13 Å². The number of aryl methyl sites for hydroxylation is 1. The molecule has 0 aliphatic rings. The molecular formula is C11H17N3O3S. The predicted octanol–water partition coefficient (Wildman–Crippen LogP) is 1.47. The lowest BCUT2D eigenvalue weighted by molar-refractivity contribution is -0.122. The van der Waals surface area contributed by atoms with Gasteiger partial charge in [-0.15, -0.1) is 11.3 Å². The number of aromatic nitrogens is 1. The third-order valence-corrected chi connectivity index (χ3v) is 3.07. The van der Waals surface area contributed by atoms with Crippen molar-refractivity contribution >= 4 is 28.3 Å². The van der Waals surface area contributed by atoms with Crippen LogP contribution in [0.1, 0.15) is 36.1 Å². The fraction of sp³-hybridized carbons (Fsp3) is 0.545. The van der Waals surface area contributed by atoms with Crippen LogP contribution in [-0.4, -0.2) is 34.1 Å². The van der Waals surface area contributed by atoms with E-state index in [4.69, 9.17) is 5.11 Å². The average molecular weight is 271 g/mol. The van der Waals surface area contributed by atoms with Gasteiger partial charge in [-0.1, -0.05) is 0 Å². The zero-order chi connectivity index (χ0) is 13.9. The lowest BCUT2D eigenvalue weighted by Crippen LogP contribution is -2.40. The highest BCUT2D eigenvalue weighted by atomic mass is 32.1. The SMILES string of the molecule is Cc1sc(NC(C)C(=O)NC(C)C)nc1C(=O)O. The fourth-order valence-electron chi connectivity index (χ4n) is 1.32. The Morgan fingerprint density at radius 3 is 2.39 bits per heavy atom. The largest absolute Gasteiger partial charge is 0.476 e. The quantitative estimate of drug-likeness (QED) is 0.754. The number of rotatable bonds is 5. The van der Waals surface area contributed by atoms with Crippen molar-refractivity contribution in [3.8, 4) is 0 Å². The molecule has 0 aliphatic carbocycles. The molecule has 0 saturated carbocycles. The standard InChI is InChI=1S/C11H17N3O3S/c1-5(2)12-9(15)6(3)13-11-14-8(10(16)17)7(4)18-11/h5-6H,1-4H3,(H,12,15)(H,13,14)(H,16,17). The molecule has 1 atom stereocenters. The summed E-state index contributed by atoms with van der Waals surface area (Å²) in [7, 11) is 0. The number of nitrogens with one attached hydrogen (secondary N) is 2. The first-order chi connectivity index (χ1) is 8.31. The maximum atomic E-state index is 11.7. The molecule has 1 aromatic rings. The molecule has 0 radical (unpaired) electrons. The second kappa shape index (κ2) is 5.81. The third-order valence-electron chi connectivity index (χ3n) is 2.16. The van der Waals surface area contributed by atoms with Crippen molar-refractivity contribution in [1.82, 2.24) is 10.3 Å². The molecule has 7 heteroatoms. The van der Waals surface area contributed by atoms with Crippen LogP contribution in [0.25, 0.3) is 0 Å². The molecule has 3 N–H and O–H groups in total. The van der Waals surface area contributed by atoms with E-state index in [-0.39, 0.29) is 17.6 Å². The van der Waals surface area contributed by atoms with Gasteiger partial charge in [0.2, 0.25) is 5.91 Å². The second-order valence-corrected chi connectivity index (χ2v) is 5.46. The van der Waals surface area contributed by atoms with E-state index >= 15 is 0 Å². The number of amides is 1. The molecule has 18 heavy (non-hydrogen) atoms. The van der Waals surface area contributed by atoms with E-state index in [1.807, 2.05) is 13.8 Å². The highest BCUT2D eigenvalue weighted by Crippen LogP contribution is 2.22. The van der Waals surface area contributed by atoms with Gasteiger partial charge in [0.25, 0.3) is 0 Å². The summed E-state index contributed by atoms with van der Waals surface area (Å²) in [6.07, 6.45) is 0. The van der Waals surface area contributed by atoms with Crippen LogP contribution in [0, 0.1) is 6.92 Å². The predicted molar refractivity (Wildman–Crippen MR) is 70.2 cm³/mol. The Morgan fingerprint density at radius 2 is 1.94 bits per heavy atom. The van der Waals surface area contributed by atoms with Crippen LogP contribution in [0.5, 0.6) is 0 Å². The second-order valence-electron chi connectivity index (χ2n) is 4.26. The molecule has 0 fully saturated rings. The van der Waals surface area contributed by atoms with Crippen molar-refractivity contribution in [2.45, 2.75) is 39.8 Å². The molecular weight excluding hydrogens is 254 g/mol. The van der Waals surface area contributed by atoms with E-state index in [1.54, 1.807) is 13.8 Å². The summed E-state index contributed by atoms with van der Waals surface area (Å²) in [6.45, 7) is 7.14. The number of anilines is 1. The molecule has 1 unspecified atom stereocenters. The average Bonchev–Trinajstić information content (AvgIpc) is 2.58. The zero-order valence-electron chi connectivity index (χ0n) is 10.8. The lowest BCUT2D eigenvalue weighted by atomic mass is 10.3. The number of carbonyl (C=O) groups is 2. The van der Waals surface area contributed by atoms with Crippen molar-refractivity contribution < 1.29 is 14.7 Å². The number of carboxylic acid groups (broad SMARTS) is 1. The molecule has 100 valence electrons. The highest BCUT2D eigenvalue weighted by Gasteiger charge is 2.18. The number of hydrogen-bond donors (Lipinski definition) is 3. The van der Waals surface area contributed by atoms with E-state index in [0.29, 0.717) is 10.0 Å². The highest BCUT2D eigenvalue weighted by molar-refractivity contribution is 7.15. The van der Waals surface area contributed by atoms with Gasteiger partial charge in [0.05, 0.1) is 0 Å². The normalized spacial score (nSPS) is 12.3. The molecule has 1 rings (SSSR count). The van der Waals surface area contributed by atoms with Crippen LogP contribution < -0.4 is 10.6 Å². The minimum absolute atomic E-state index is 0.0268. The molecule has 0 aliphatic heterocycles. The molecule has 1 heterocycles. The molecule has 0 aromatic carbocycles. The Bertz CT molecular complexity index is 456. The van der Waals surface area contributed by atoms with Gasteiger partial charge >= 0.3 is 5.97 Å². The van der Waals surface area contributed by atoms with Gasteiger partial charge in [-0.2, -0.15) is 0 Å². The summed E-state index contributed by atoms with van der Waals surface area (Å²) in [5.41, 5.74) is 0.0268. The first kappa shape index (κ1) is 14.4. The summed E-state index contributed by atoms with van der Waals surface area (Å²) in [6, 6.07) is -0.394. The zero-order valence-corrected chi connectivity index (χ0v) is 11.6. The van der Waals surface area contributed by atoms with Crippen LogP contribution >= 0.6 is 11.3 Å². The Hall–Kier alpha value is -1.63. The van der Waals surface area contributed by atoms with Crippen molar-refractivity contribution in [2.24, 2.45) is 0 Å². The Balaban J connectivity index is 2.70. The topological polar surface area (TPSA) is 91.3 Å². The third kappa shape index (κ3) is 3.69. The lowest BCUT2D eigenvalue weighted by Gasteiger charge is -2.15. The van der Waals surface area contributed by atoms with Gasteiger partial charge in [-0.05, 0) is 27.7 Å². The monoisotopic (exact) mass is 271 g/mol. The van der Waals surface area contributed by atoms with Crippen LogP contribution in [0.2, 0.25) is 0 Å². The summed E-state index contributed by atoms with van der Waals surface area (Å²) >= 11 is 1.22. The Kier molecular flexibility index (Phi) is 4.66. The molecule has 0 bridgehead atoms. The summed E-state index contributed by atoms with van der Waals surface area (Å²) in [4.78, 5) is 27.1. The van der Waals surface area contributed by atoms with E-state index < -0.39 is 12.0 Å². The number of hydrogen-bond acceptors (Lipinski definition) is 5. The maximum absolute atomic E-state index is 11.7. The van der Waals surface area contributed by atoms with Crippen molar-refractivity contribution in [3.63, 3.8) is 0 Å². The van der Waals surface area contributed by atoms with Gasteiger partial charge < -0.3 is 15.7 Å². The number of thiazole rings is 1. The van der Waals surface area contributed by atoms with Gasteiger partial charge in [-0.3, -0.25) is 4.79 Å². The molecule has 1 aromatic heterocycles. The first-order valence-electron chi connectivity index (χ1n) is 5.59. The number of nitrogens with zero attached hydrogens (tertiary/aromatic N) is 1. The number of carboxylic acids is 1. The van der Waals surface area contributed by atoms with E-state index in [1.165, 1.54) is 11.3 Å². The molecule has 0 spiro atoms.